The van der Waals surface area contributed by atoms with Gasteiger partial charge in [0.25, 0.3) is 0 Å². The summed E-state index contributed by atoms with van der Waals surface area (Å²) in [7, 11) is 0. The number of aliphatic hydroxyl groups is 1. The van der Waals surface area contributed by atoms with Crippen molar-refractivity contribution < 1.29 is 5.11 Å². The van der Waals surface area contributed by atoms with Crippen molar-refractivity contribution in [1.29, 1.82) is 0 Å². The lowest BCUT2D eigenvalue weighted by atomic mass is 10.4. The summed E-state index contributed by atoms with van der Waals surface area (Å²) in [5.74, 6) is 0. The van der Waals surface area contributed by atoms with E-state index in [-0.39, 0.29) is 0 Å². The molecule has 9 heavy (non-hydrogen) atoms. The third kappa shape index (κ3) is 4.29. The first-order chi connectivity index (χ1) is 4.20. The maximum atomic E-state index is 8.88. The van der Waals surface area contributed by atoms with Gasteiger partial charge in [0, 0.05) is 0 Å². The number of hydrogen-bond acceptors (Lipinski definition) is 3. The standard InChI is InChI=1S/C5H12N2OS/c1-3-4(8)7-5(6)9-2/h4,8H,3H2,1-2H3,(H2,6,7). The minimum Gasteiger partial charge on any atom is -0.378 e. The van der Waals surface area contributed by atoms with E-state index >= 15 is 0 Å². The topological polar surface area (TPSA) is 58.6 Å². The minimum atomic E-state index is -0.627. The Labute approximate surface area is 59.4 Å². The van der Waals surface area contributed by atoms with Crippen molar-refractivity contribution in [3.05, 3.63) is 0 Å². The van der Waals surface area contributed by atoms with Crippen molar-refractivity contribution in [3.63, 3.8) is 0 Å². The van der Waals surface area contributed by atoms with E-state index in [1.165, 1.54) is 11.8 Å². The molecule has 0 saturated heterocycles. The van der Waals surface area contributed by atoms with Gasteiger partial charge in [-0.25, -0.2) is 4.99 Å². The molecule has 0 saturated carbocycles. The molecule has 0 spiro atoms. The Morgan fingerprint density at radius 3 is 2.78 bits per heavy atom. The number of nitrogens with zero attached hydrogens (tertiary/aromatic N) is 1. The van der Waals surface area contributed by atoms with Gasteiger partial charge in [0.05, 0.1) is 0 Å². The molecule has 1 atom stereocenters. The zero-order valence-corrected chi connectivity index (χ0v) is 6.48. The molecule has 0 fully saturated rings. The lowest BCUT2D eigenvalue weighted by molar-refractivity contribution is 0.181. The van der Waals surface area contributed by atoms with E-state index in [9.17, 15) is 0 Å². The monoisotopic (exact) mass is 148 g/mol. The van der Waals surface area contributed by atoms with Crippen LogP contribution in [-0.2, 0) is 0 Å². The maximum Gasteiger partial charge on any atom is 0.156 e. The van der Waals surface area contributed by atoms with Crippen LogP contribution in [0.2, 0.25) is 0 Å². The molecule has 0 radical (unpaired) electrons. The zero-order chi connectivity index (χ0) is 7.28. The van der Waals surface area contributed by atoms with E-state index in [1.807, 2.05) is 13.2 Å². The van der Waals surface area contributed by atoms with Gasteiger partial charge in [0.1, 0.15) is 6.23 Å². The van der Waals surface area contributed by atoms with Crippen molar-refractivity contribution in [1.82, 2.24) is 0 Å². The van der Waals surface area contributed by atoms with Crippen molar-refractivity contribution >= 4 is 16.9 Å². The third-order valence-electron chi connectivity index (χ3n) is 0.851. The third-order valence-corrected chi connectivity index (χ3v) is 1.37. The van der Waals surface area contributed by atoms with E-state index in [1.54, 1.807) is 0 Å². The average Bonchev–Trinajstić information content (AvgIpc) is 1.87. The molecule has 0 bridgehead atoms. The molecule has 0 aromatic rings. The number of thioether (sulfide) groups is 1. The number of aliphatic hydroxyl groups excluding tert-OH is 1. The number of hydrogen-bond donors (Lipinski definition) is 2. The second kappa shape index (κ2) is 4.64. The molecular formula is C5H12N2OS. The van der Waals surface area contributed by atoms with E-state index in [4.69, 9.17) is 10.8 Å². The molecule has 0 aliphatic carbocycles. The van der Waals surface area contributed by atoms with Gasteiger partial charge in [-0.05, 0) is 12.7 Å². The van der Waals surface area contributed by atoms with E-state index in [0.29, 0.717) is 11.6 Å². The molecule has 4 heteroatoms. The summed E-state index contributed by atoms with van der Waals surface area (Å²) in [4.78, 5) is 3.73. The summed E-state index contributed by atoms with van der Waals surface area (Å²) in [5.41, 5.74) is 5.30. The summed E-state index contributed by atoms with van der Waals surface area (Å²) in [5, 5.41) is 9.31. The van der Waals surface area contributed by atoms with Gasteiger partial charge in [-0.1, -0.05) is 18.7 Å². The van der Waals surface area contributed by atoms with Gasteiger partial charge < -0.3 is 10.8 Å². The van der Waals surface area contributed by atoms with Crippen LogP contribution in [0.25, 0.3) is 0 Å². The molecule has 0 amide bonds. The summed E-state index contributed by atoms with van der Waals surface area (Å²) >= 11 is 1.34. The highest BCUT2D eigenvalue weighted by Crippen LogP contribution is 1.96. The van der Waals surface area contributed by atoms with Gasteiger partial charge in [-0.3, -0.25) is 0 Å². The van der Waals surface area contributed by atoms with Gasteiger partial charge in [-0.2, -0.15) is 0 Å². The summed E-state index contributed by atoms with van der Waals surface area (Å²) in [6.07, 6.45) is 1.81. The minimum absolute atomic E-state index is 0.435. The number of aliphatic imine (C=N–C) groups is 1. The van der Waals surface area contributed by atoms with Crippen LogP contribution >= 0.6 is 11.8 Å². The van der Waals surface area contributed by atoms with Crippen LogP contribution in [0.5, 0.6) is 0 Å². The lowest BCUT2D eigenvalue weighted by Gasteiger charge is -2.00. The quantitative estimate of drug-likeness (QED) is 0.440. The van der Waals surface area contributed by atoms with Crippen molar-refractivity contribution in [3.8, 4) is 0 Å². The number of rotatable bonds is 2. The van der Waals surface area contributed by atoms with Gasteiger partial charge in [0.15, 0.2) is 5.17 Å². The van der Waals surface area contributed by atoms with Crippen molar-refractivity contribution in [2.45, 2.75) is 19.6 Å². The molecular weight excluding hydrogens is 136 g/mol. The largest absolute Gasteiger partial charge is 0.378 e. The van der Waals surface area contributed by atoms with Crippen LogP contribution in [0.4, 0.5) is 0 Å². The van der Waals surface area contributed by atoms with Gasteiger partial charge >= 0.3 is 0 Å². The fourth-order valence-electron chi connectivity index (χ4n) is 0.291. The highest BCUT2D eigenvalue weighted by Gasteiger charge is 1.95. The Balaban J connectivity index is 3.64. The Bertz CT molecular complexity index is 105. The van der Waals surface area contributed by atoms with Gasteiger partial charge in [0.2, 0.25) is 0 Å². The Morgan fingerprint density at radius 2 is 2.44 bits per heavy atom. The summed E-state index contributed by atoms with van der Waals surface area (Å²) < 4.78 is 0. The normalized spacial score (nSPS) is 15.7. The fraction of sp³-hybridized carbons (Fsp3) is 0.800. The van der Waals surface area contributed by atoms with Crippen molar-refractivity contribution in [2.24, 2.45) is 10.7 Å². The van der Waals surface area contributed by atoms with E-state index in [0.717, 1.165) is 0 Å². The number of nitrogens with two attached hydrogens (primary N) is 1. The predicted octanol–water partition coefficient (Wildman–Crippen LogP) is 0.393. The maximum absolute atomic E-state index is 8.88. The van der Waals surface area contributed by atoms with E-state index < -0.39 is 6.23 Å². The van der Waals surface area contributed by atoms with E-state index in [2.05, 4.69) is 4.99 Å². The van der Waals surface area contributed by atoms with Crippen LogP contribution in [0.3, 0.4) is 0 Å². The molecule has 0 aromatic carbocycles. The van der Waals surface area contributed by atoms with Crippen LogP contribution in [0, 0.1) is 0 Å². The molecule has 0 aliphatic heterocycles. The predicted molar refractivity (Wildman–Crippen MR) is 41.4 cm³/mol. The average molecular weight is 148 g/mol. The summed E-state index contributed by atoms with van der Waals surface area (Å²) in [6.45, 7) is 1.85. The zero-order valence-electron chi connectivity index (χ0n) is 5.66. The smallest absolute Gasteiger partial charge is 0.156 e. The first-order valence-corrected chi connectivity index (χ1v) is 3.98. The second-order valence-corrected chi connectivity index (χ2v) is 2.39. The molecule has 0 aliphatic rings. The molecule has 1 unspecified atom stereocenters. The van der Waals surface area contributed by atoms with Crippen LogP contribution in [0.15, 0.2) is 4.99 Å². The van der Waals surface area contributed by atoms with Crippen molar-refractivity contribution in [2.75, 3.05) is 6.26 Å². The molecule has 0 heterocycles. The Hall–Kier alpha value is -0.220. The highest BCUT2D eigenvalue weighted by molar-refractivity contribution is 8.13. The second-order valence-electron chi connectivity index (χ2n) is 1.56. The fourth-order valence-corrected chi connectivity index (χ4v) is 0.518. The van der Waals surface area contributed by atoms with Crippen LogP contribution in [0.1, 0.15) is 13.3 Å². The highest BCUT2D eigenvalue weighted by atomic mass is 32.2. The van der Waals surface area contributed by atoms with Crippen LogP contribution < -0.4 is 5.73 Å². The molecule has 54 valence electrons. The molecule has 0 aromatic heterocycles. The number of amidine groups is 1. The van der Waals surface area contributed by atoms with Gasteiger partial charge in [-0.15, -0.1) is 0 Å². The Kier molecular flexibility index (Phi) is 4.53. The van der Waals surface area contributed by atoms with Crippen LogP contribution in [-0.4, -0.2) is 22.8 Å². The molecule has 3 N–H and O–H groups in total. The molecule has 3 nitrogen and oxygen atoms in total. The Morgan fingerprint density at radius 1 is 1.89 bits per heavy atom. The summed E-state index contributed by atoms with van der Waals surface area (Å²) in [6, 6.07) is 0. The lowest BCUT2D eigenvalue weighted by Crippen LogP contribution is -2.11. The molecule has 0 rings (SSSR count). The first-order valence-electron chi connectivity index (χ1n) is 2.76. The first kappa shape index (κ1) is 8.78. The SMILES string of the molecule is CCC(O)N=C(N)SC.